The summed E-state index contributed by atoms with van der Waals surface area (Å²) in [5.41, 5.74) is 0.267. The molecule has 0 N–H and O–H groups in total. The number of carbonyl (C=O) groups is 2. The van der Waals surface area contributed by atoms with Gasteiger partial charge in [-0.1, -0.05) is 36.8 Å². The summed E-state index contributed by atoms with van der Waals surface area (Å²) in [7, 11) is 0. The minimum Gasteiger partial charge on any atom is -0.444 e. The first kappa shape index (κ1) is 21.7. The highest BCUT2D eigenvalue weighted by molar-refractivity contribution is 5.98. The summed E-state index contributed by atoms with van der Waals surface area (Å²) >= 11 is 0. The highest BCUT2D eigenvalue weighted by Gasteiger charge is 2.34. The molecule has 2 aliphatic rings. The Labute approximate surface area is 185 Å². The average Bonchev–Trinajstić information content (AvgIpc) is 2.71. The molecule has 5 nitrogen and oxygen atoms in total. The van der Waals surface area contributed by atoms with Gasteiger partial charge >= 0.3 is 6.09 Å². The zero-order valence-electron chi connectivity index (χ0n) is 19.0. The summed E-state index contributed by atoms with van der Waals surface area (Å²) in [6.45, 7) is 7.75. The van der Waals surface area contributed by atoms with E-state index in [0.29, 0.717) is 19.0 Å². The minimum absolute atomic E-state index is 0.119. The summed E-state index contributed by atoms with van der Waals surface area (Å²) in [6, 6.07) is 14.3. The number of hydrogen-bond donors (Lipinski definition) is 0. The van der Waals surface area contributed by atoms with E-state index in [1.165, 1.54) is 19.3 Å². The SMILES string of the molecule is CC(C)(C)OC(=O)N1CCC(N(CC2CCC2)C(=O)c2ccc3ccccc3c2)CC1. The molecule has 1 aliphatic carbocycles. The second kappa shape index (κ2) is 8.89. The third-order valence-corrected chi connectivity index (χ3v) is 6.49. The smallest absolute Gasteiger partial charge is 0.410 e. The van der Waals surface area contributed by atoms with Crippen LogP contribution in [0, 0.1) is 5.92 Å². The second-order valence-corrected chi connectivity index (χ2v) is 10.0. The van der Waals surface area contributed by atoms with Crippen LogP contribution in [0.3, 0.4) is 0 Å². The number of amides is 2. The molecule has 0 unspecified atom stereocenters. The van der Waals surface area contributed by atoms with Crippen LogP contribution in [-0.2, 0) is 4.74 Å². The molecular weight excluding hydrogens is 388 g/mol. The molecule has 2 aromatic rings. The van der Waals surface area contributed by atoms with E-state index in [2.05, 4.69) is 17.0 Å². The topological polar surface area (TPSA) is 49.9 Å². The van der Waals surface area contributed by atoms with Crippen LogP contribution in [0.2, 0.25) is 0 Å². The third-order valence-electron chi connectivity index (χ3n) is 6.49. The fourth-order valence-corrected chi connectivity index (χ4v) is 4.53. The molecule has 31 heavy (non-hydrogen) atoms. The Morgan fingerprint density at radius 2 is 1.68 bits per heavy atom. The quantitative estimate of drug-likeness (QED) is 0.655. The Bertz CT molecular complexity index is 937. The van der Waals surface area contributed by atoms with Crippen molar-refractivity contribution in [2.45, 2.75) is 64.5 Å². The lowest BCUT2D eigenvalue weighted by molar-refractivity contribution is 0.0128. The van der Waals surface area contributed by atoms with Crippen molar-refractivity contribution >= 4 is 22.8 Å². The predicted molar refractivity (Wildman–Crippen MR) is 123 cm³/mol. The van der Waals surface area contributed by atoms with Crippen LogP contribution in [0.15, 0.2) is 42.5 Å². The number of hydrogen-bond acceptors (Lipinski definition) is 3. The van der Waals surface area contributed by atoms with Crippen molar-refractivity contribution in [3.05, 3.63) is 48.0 Å². The van der Waals surface area contributed by atoms with Gasteiger partial charge in [0.15, 0.2) is 0 Å². The molecule has 2 amide bonds. The van der Waals surface area contributed by atoms with Crippen LogP contribution in [0.1, 0.15) is 63.2 Å². The van der Waals surface area contributed by atoms with Gasteiger partial charge < -0.3 is 14.5 Å². The molecule has 4 rings (SSSR count). The van der Waals surface area contributed by atoms with E-state index in [4.69, 9.17) is 4.74 Å². The highest BCUT2D eigenvalue weighted by Crippen LogP contribution is 2.30. The van der Waals surface area contributed by atoms with E-state index in [1.54, 1.807) is 4.90 Å². The molecule has 0 spiro atoms. The fourth-order valence-electron chi connectivity index (χ4n) is 4.53. The van der Waals surface area contributed by atoms with E-state index in [0.717, 1.165) is 35.7 Å². The van der Waals surface area contributed by atoms with Gasteiger partial charge in [0, 0.05) is 31.2 Å². The highest BCUT2D eigenvalue weighted by atomic mass is 16.6. The van der Waals surface area contributed by atoms with E-state index in [9.17, 15) is 9.59 Å². The first-order valence-electron chi connectivity index (χ1n) is 11.6. The molecule has 2 aromatic carbocycles. The molecule has 2 fully saturated rings. The van der Waals surface area contributed by atoms with Crippen molar-refractivity contribution < 1.29 is 14.3 Å². The molecular formula is C26H34N2O3. The van der Waals surface area contributed by atoms with Crippen LogP contribution in [0.4, 0.5) is 4.79 Å². The number of fused-ring (bicyclic) bond motifs is 1. The van der Waals surface area contributed by atoms with Crippen molar-refractivity contribution in [1.29, 1.82) is 0 Å². The van der Waals surface area contributed by atoms with Crippen molar-refractivity contribution in [2.75, 3.05) is 19.6 Å². The largest absolute Gasteiger partial charge is 0.444 e. The molecule has 0 bridgehead atoms. The van der Waals surface area contributed by atoms with Crippen LogP contribution in [0.5, 0.6) is 0 Å². The molecule has 1 aliphatic heterocycles. The Morgan fingerprint density at radius 3 is 2.29 bits per heavy atom. The van der Waals surface area contributed by atoms with Crippen molar-refractivity contribution in [3.63, 3.8) is 0 Å². The zero-order chi connectivity index (χ0) is 22.0. The standard InChI is InChI=1S/C26H34N2O3/c1-26(2,3)31-25(30)27-15-13-23(14-16-27)28(18-19-7-6-8-19)24(29)22-12-11-20-9-4-5-10-21(20)17-22/h4-5,9-12,17,19,23H,6-8,13-16,18H2,1-3H3. The molecule has 0 atom stereocenters. The Morgan fingerprint density at radius 1 is 1.00 bits per heavy atom. The third kappa shape index (κ3) is 5.20. The van der Waals surface area contributed by atoms with Crippen LogP contribution < -0.4 is 0 Å². The normalized spacial score (nSPS) is 18.0. The van der Waals surface area contributed by atoms with Gasteiger partial charge in [-0.15, -0.1) is 0 Å². The molecule has 1 saturated carbocycles. The average molecular weight is 423 g/mol. The van der Waals surface area contributed by atoms with Crippen molar-refractivity contribution in [1.82, 2.24) is 9.80 Å². The Balaban J connectivity index is 1.47. The lowest BCUT2D eigenvalue weighted by Gasteiger charge is -2.41. The maximum absolute atomic E-state index is 13.6. The van der Waals surface area contributed by atoms with Gasteiger partial charge in [0.25, 0.3) is 5.91 Å². The Hall–Kier alpha value is -2.56. The molecule has 5 heteroatoms. The maximum atomic E-state index is 13.6. The van der Waals surface area contributed by atoms with Crippen molar-refractivity contribution in [2.24, 2.45) is 5.92 Å². The fraction of sp³-hybridized carbons (Fsp3) is 0.538. The van der Waals surface area contributed by atoms with E-state index in [1.807, 2.05) is 51.1 Å². The number of nitrogens with zero attached hydrogens (tertiary/aromatic N) is 2. The summed E-state index contributed by atoms with van der Waals surface area (Å²) in [5, 5.41) is 2.24. The van der Waals surface area contributed by atoms with E-state index < -0.39 is 5.60 Å². The first-order chi connectivity index (χ1) is 14.8. The van der Waals surface area contributed by atoms with Gasteiger partial charge in [-0.2, -0.15) is 0 Å². The minimum atomic E-state index is -0.490. The molecule has 0 radical (unpaired) electrons. The van der Waals surface area contributed by atoms with Crippen LogP contribution in [-0.4, -0.2) is 53.1 Å². The summed E-state index contributed by atoms with van der Waals surface area (Å²) in [6.07, 6.45) is 5.02. The van der Waals surface area contributed by atoms with Gasteiger partial charge in [-0.25, -0.2) is 4.79 Å². The van der Waals surface area contributed by atoms with Crippen LogP contribution >= 0.6 is 0 Å². The summed E-state index contributed by atoms with van der Waals surface area (Å²) in [4.78, 5) is 29.9. The van der Waals surface area contributed by atoms with Gasteiger partial charge in [0.05, 0.1) is 0 Å². The number of likely N-dealkylation sites (tertiary alicyclic amines) is 1. The van der Waals surface area contributed by atoms with Gasteiger partial charge in [0.2, 0.25) is 0 Å². The molecule has 0 aromatic heterocycles. The van der Waals surface area contributed by atoms with E-state index in [-0.39, 0.29) is 18.0 Å². The van der Waals surface area contributed by atoms with Gasteiger partial charge in [-0.3, -0.25) is 4.79 Å². The van der Waals surface area contributed by atoms with E-state index >= 15 is 0 Å². The number of benzene rings is 2. The Kier molecular flexibility index (Phi) is 6.22. The maximum Gasteiger partial charge on any atom is 0.410 e. The lowest BCUT2D eigenvalue weighted by Crippen LogP contribution is -2.51. The van der Waals surface area contributed by atoms with Gasteiger partial charge in [-0.05, 0) is 75.3 Å². The van der Waals surface area contributed by atoms with Gasteiger partial charge in [0.1, 0.15) is 5.60 Å². The molecule has 166 valence electrons. The number of rotatable bonds is 4. The number of piperidine rings is 1. The lowest BCUT2D eigenvalue weighted by atomic mass is 9.84. The second-order valence-electron chi connectivity index (χ2n) is 10.0. The number of carbonyl (C=O) groups excluding carboxylic acids is 2. The molecule has 1 heterocycles. The number of ether oxygens (including phenoxy) is 1. The molecule has 1 saturated heterocycles. The van der Waals surface area contributed by atoms with Crippen molar-refractivity contribution in [3.8, 4) is 0 Å². The predicted octanol–water partition coefficient (Wildman–Crippen LogP) is 5.48. The monoisotopic (exact) mass is 422 g/mol. The summed E-state index contributed by atoms with van der Waals surface area (Å²) < 4.78 is 5.53. The zero-order valence-corrected chi connectivity index (χ0v) is 19.0. The summed E-state index contributed by atoms with van der Waals surface area (Å²) in [5.74, 6) is 0.724. The van der Waals surface area contributed by atoms with Crippen LogP contribution in [0.25, 0.3) is 10.8 Å². The first-order valence-corrected chi connectivity index (χ1v) is 11.6.